The molecular weight excluding hydrogens is 440 g/mol. The zero-order valence-electron chi connectivity index (χ0n) is 21.0. The second-order valence-electron chi connectivity index (χ2n) is 9.05. The molecule has 0 saturated carbocycles. The zero-order chi connectivity index (χ0) is 25.3. The molecule has 7 nitrogen and oxygen atoms in total. The predicted octanol–water partition coefficient (Wildman–Crippen LogP) is 5.90. The number of aryl methyl sites for hydroxylation is 3. The van der Waals surface area contributed by atoms with Crippen molar-refractivity contribution in [3.8, 4) is 5.82 Å². The highest BCUT2D eigenvalue weighted by molar-refractivity contribution is 6.07. The molecule has 7 heteroatoms. The Morgan fingerprint density at radius 3 is 2.40 bits per heavy atom. The van der Waals surface area contributed by atoms with Gasteiger partial charge < -0.3 is 10.1 Å². The number of pyridine rings is 1. The van der Waals surface area contributed by atoms with Crippen LogP contribution in [0.25, 0.3) is 16.7 Å². The Hall–Kier alpha value is -4.00. The number of esters is 1. The van der Waals surface area contributed by atoms with Crippen molar-refractivity contribution in [3.05, 3.63) is 82.0 Å². The number of anilines is 1. The Morgan fingerprint density at radius 1 is 1.03 bits per heavy atom. The molecule has 2 heterocycles. The van der Waals surface area contributed by atoms with Crippen LogP contribution in [0.4, 0.5) is 5.82 Å². The highest BCUT2D eigenvalue weighted by atomic mass is 16.5. The monoisotopic (exact) mass is 470 g/mol. The van der Waals surface area contributed by atoms with E-state index in [4.69, 9.17) is 9.72 Å². The van der Waals surface area contributed by atoms with E-state index in [0.29, 0.717) is 17.3 Å². The van der Waals surface area contributed by atoms with Gasteiger partial charge >= 0.3 is 5.97 Å². The molecule has 0 aliphatic heterocycles. The largest absolute Gasteiger partial charge is 0.462 e. The van der Waals surface area contributed by atoms with Gasteiger partial charge in [-0.05, 0) is 74.6 Å². The minimum Gasteiger partial charge on any atom is -0.462 e. The molecule has 0 fully saturated rings. The lowest BCUT2D eigenvalue weighted by atomic mass is 10.0. The van der Waals surface area contributed by atoms with E-state index < -0.39 is 5.97 Å². The SMILES string of the molecule is CCOC(=O)c1cnn(-c2cc(C)c3cc(C)cc(C)c3n2)c1NC(=O)c1ccc(C(C)C)cc1. The molecule has 0 radical (unpaired) electrons. The van der Waals surface area contributed by atoms with Crippen molar-refractivity contribution in [1.29, 1.82) is 0 Å². The topological polar surface area (TPSA) is 86.1 Å². The quantitative estimate of drug-likeness (QED) is 0.355. The minimum absolute atomic E-state index is 0.166. The third-order valence-corrected chi connectivity index (χ3v) is 5.99. The van der Waals surface area contributed by atoms with Crippen molar-refractivity contribution in [2.24, 2.45) is 0 Å². The third-order valence-electron chi connectivity index (χ3n) is 5.99. The number of carbonyl (C=O) groups excluding carboxylic acids is 2. The van der Waals surface area contributed by atoms with Gasteiger partial charge in [0.1, 0.15) is 5.56 Å². The van der Waals surface area contributed by atoms with E-state index in [-0.39, 0.29) is 23.9 Å². The molecular formula is C28H30N4O3. The number of hydrogen-bond acceptors (Lipinski definition) is 5. The van der Waals surface area contributed by atoms with E-state index in [2.05, 4.69) is 43.3 Å². The minimum atomic E-state index is -0.562. The van der Waals surface area contributed by atoms with E-state index in [0.717, 1.165) is 33.2 Å². The normalized spacial score (nSPS) is 11.2. The molecule has 0 bridgehead atoms. The number of rotatable bonds is 6. The zero-order valence-corrected chi connectivity index (χ0v) is 21.0. The van der Waals surface area contributed by atoms with Crippen LogP contribution in [0.15, 0.2) is 48.7 Å². The first kappa shape index (κ1) is 24.1. The molecule has 0 saturated heterocycles. The van der Waals surface area contributed by atoms with Gasteiger partial charge in [0.25, 0.3) is 5.91 Å². The molecule has 2 aromatic carbocycles. The Balaban J connectivity index is 1.80. The number of benzene rings is 2. The first-order chi connectivity index (χ1) is 16.7. The fourth-order valence-electron chi connectivity index (χ4n) is 4.14. The van der Waals surface area contributed by atoms with Gasteiger partial charge in [-0.15, -0.1) is 0 Å². The lowest BCUT2D eigenvalue weighted by Gasteiger charge is -2.14. The highest BCUT2D eigenvalue weighted by Crippen LogP contribution is 2.27. The second-order valence-corrected chi connectivity index (χ2v) is 9.05. The molecule has 0 atom stereocenters. The molecule has 0 aliphatic carbocycles. The van der Waals surface area contributed by atoms with Crippen LogP contribution in [-0.4, -0.2) is 33.2 Å². The maximum absolute atomic E-state index is 13.2. The Labute approximate surface area is 205 Å². The van der Waals surface area contributed by atoms with Gasteiger partial charge in [0.2, 0.25) is 0 Å². The molecule has 0 unspecified atom stereocenters. The van der Waals surface area contributed by atoms with Crippen molar-refractivity contribution in [2.75, 3.05) is 11.9 Å². The predicted molar refractivity (Wildman–Crippen MR) is 138 cm³/mol. The highest BCUT2D eigenvalue weighted by Gasteiger charge is 2.23. The molecule has 4 aromatic rings. The van der Waals surface area contributed by atoms with Crippen LogP contribution in [0, 0.1) is 20.8 Å². The molecule has 2 aromatic heterocycles. The average Bonchev–Trinajstić information content (AvgIpc) is 3.23. The molecule has 35 heavy (non-hydrogen) atoms. The molecule has 0 spiro atoms. The van der Waals surface area contributed by atoms with Crippen LogP contribution in [0.5, 0.6) is 0 Å². The van der Waals surface area contributed by atoms with Gasteiger partial charge in [0.15, 0.2) is 11.6 Å². The van der Waals surface area contributed by atoms with Gasteiger partial charge in [0, 0.05) is 10.9 Å². The summed E-state index contributed by atoms with van der Waals surface area (Å²) in [6.45, 7) is 12.2. The number of carbonyl (C=O) groups is 2. The van der Waals surface area contributed by atoms with E-state index in [1.54, 1.807) is 19.1 Å². The average molecular weight is 471 g/mol. The summed E-state index contributed by atoms with van der Waals surface area (Å²) in [7, 11) is 0. The summed E-state index contributed by atoms with van der Waals surface area (Å²) in [5.74, 6) is 0.171. The molecule has 4 rings (SSSR count). The number of fused-ring (bicyclic) bond motifs is 1. The Bertz CT molecular complexity index is 1420. The molecule has 0 aliphatic rings. The van der Waals surface area contributed by atoms with E-state index >= 15 is 0 Å². The first-order valence-electron chi connectivity index (χ1n) is 11.7. The van der Waals surface area contributed by atoms with Gasteiger partial charge in [-0.25, -0.2) is 9.78 Å². The van der Waals surface area contributed by atoms with Crippen molar-refractivity contribution < 1.29 is 14.3 Å². The van der Waals surface area contributed by atoms with E-state index in [1.165, 1.54) is 10.9 Å². The molecule has 180 valence electrons. The summed E-state index contributed by atoms with van der Waals surface area (Å²) in [5, 5.41) is 8.34. The van der Waals surface area contributed by atoms with Crippen LogP contribution in [0.1, 0.15) is 69.7 Å². The van der Waals surface area contributed by atoms with Crippen LogP contribution in [0.2, 0.25) is 0 Å². The van der Waals surface area contributed by atoms with Gasteiger partial charge in [-0.3, -0.25) is 4.79 Å². The smallest absolute Gasteiger partial charge is 0.343 e. The Kier molecular flexibility index (Phi) is 6.69. The summed E-state index contributed by atoms with van der Waals surface area (Å²) in [6, 6.07) is 13.5. The lowest BCUT2D eigenvalue weighted by molar-refractivity contribution is 0.0527. The Morgan fingerprint density at radius 2 is 1.74 bits per heavy atom. The van der Waals surface area contributed by atoms with E-state index in [1.807, 2.05) is 32.0 Å². The summed E-state index contributed by atoms with van der Waals surface area (Å²) < 4.78 is 6.69. The number of ether oxygens (including phenoxy) is 1. The number of nitrogens with zero attached hydrogens (tertiary/aromatic N) is 3. The molecule has 1 N–H and O–H groups in total. The van der Waals surface area contributed by atoms with Crippen molar-refractivity contribution in [1.82, 2.24) is 14.8 Å². The summed E-state index contributed by atoms with van der Waals surface area (Å²) >= 11 is 0. The maximum atomic E-state index is 13.2. The fraction of sp³-hybridized carbons (Fsp3) is 0.286. The standard InChI is InChI=1S/C28H30N4O3/c1-7-35-28(34)23-15-29-32(24-14-18(5)22-13-17(4)12-19(6)25(22)30-24)26(23)31-27(33)21-10-8-20(9-11-21)16(2)3/h8-16H,7H2,1-6H3,(H,31,33). The summed E-state index contributed by atoms with van der Waals surface area (Å²) in [5.41, 5.74) is 5.85. The summed E-state index contributed by atoms with van der Waals surface area (Å²) in [4.78, 5) is 30.7. The van der Waals surface area contributed by atoms with Crippen LogP contribution >= 0.6 is 0 Å². The van der Waals surface area contributed by atoms with Crippen LogP contribution in [0.3, 0.4) is 0 Å². The van der Waals surface area contributed by atoms with Crippen LogP contribution in [-0.2, 0) is 4.74 Å². The number of hydrogen-bond donors (Lipinski definition) is 1. The maximum Gasteiger partial charge on any atom is 0.343 e. The van der Waals surface area contributed by atoms with Crippen molar-refractivity contribution in [2.45, 2.75) is 47.5 Å². The lowest BCUT2D eigenvalue weighted by Crippen LogP contribution is -2.18. The number of nitrogens with one attached hydrogen (secondary N) is 1. The number of aromatic nitrogens is 3. The van der Waals surface area contributed by atoms with Gasteiger partial charge in [0.05, 0.1) is 18.3 Å². The van der Waals surface area contributed by atoms with Gasteiger partial charge in [-0.2, -0.15) is 9.78 Å². The van der Waals surface area contributed by atoms with Gasteiger partial charge in [-0.1, -0.05) is 37.6 Å². The van der Waals surface area contributed by atoms with Crippen molar-refractivity contribution in [3.63, 3.8) is 0 Å². The first-order valence-corrected chi connectivity index (χ1v) is 11.7. The number of amides is 1. The second kappa shape index (κ2) is 9.70. The third kappa shape index (κ3) is 4.80. The van der Waals surface area contributed by atoms with Crippen molar-refractivity contribution >= 4 is 28.6 Å². The summed E-state index contributed by atoms with van der Waals surface area (Å²) in [6.07, 6.45) is 1.40. The van der Waals surface area contributed by atoms with Crippen LogP contribution < -0.4 is 5.32 Å². The molecule has 1 amide bonds. The fourth-order valence-corrected chi connectivity index (χ4v) is 4.14. The van der Waals surface area contributed by atoms with E-state index in [9.17, 15) is 9.59 Å².